The molecule has 0 saturated carbocycles. The quantitative estimate of drug-likeness (QED) is 0.165. The minimum Gasteiger partial charge on any atom is -0.258 e. The predicted octanol–water partition coefficient (Wildman–Crippen LogP) is 6.05. The molecular weight excluding hydrogens is 420 g/mol. The number of hydrogen-bond donors (Lipinski definition) is 0. The summed E-state index contributed by atoms with van der Waals surface area (Å²) in [7, 11) is -3.86. The molecule has 0 N–H and O–H groups in total. The predicted molar refractivity (Wildman–Crippen MR) is 119 cm³/mol. The van der Waals surface area contributed by atoms with Crippen molar-refractivity contribution in [2.75, 3.05) is 0 Å². The van der Waals surface area contributed by atoms with Gasteiger partial charge in [-0.1, -0.05) is 44.4 Å². The van der Waals surface area contributed by atoms with Crippen LogP contribution in [0, 0.1) is 10.1 Å². The molecule has 0 aliphatic heterocycles. The molecule has 8 heteroatoms. The van der Waals surface area contributed by atoms with Gasteiger partial charge in [0.05, 0.1) is 15.1 Å². The van der Waals surface area contributed by atoms with Gasteiger partial charge in [-0.05, 0) is 42.8 Å². The largest absolute Gasteiger partial charge is 0.269 e. The van der Waals surface area contributed by atoms with Crippen LogP contribution in [0.3, 0.4) is 0 Å². The summed E-state index contributed by atoms with van der Waals surface area (Å²) < 4.78 is 27.8. The Morgan fingerprint density at radius 3 is 2.33 bits per heavy atom. The van der Waals surface area contributed by atoms with Gasteiger partial charge in [0.2, 0.25) is 0 Å². The summed E-state index contributed by atoms with van der Waals surface area (Å²) >= 11 is 1.65. The summed E-state index contributed by atoms with van der Waals surface area (Å²) in [4.78, 5) is 11.4. The van der Waals surface area contributed by atoms with E-state index in [0.717, 1.165) is 30.6 Å². The number of non-ortho nitro benzene ring substituents is 1. The van der Waals surface area contributed by atoms with Gasteiger partial charge in [0, 0.05) is 28.9 Å². The molecule has 0 amide bonds. The van der Waals surface area contributed by atoms with E-state index in [4.69, 9.17) is 0 Å². The average molecular weight is 445 g/mol. The lowest BCUT2D eigenvalue weighted by atomic mass is 10.1. The molecule has 0 aliphatic carbocycles. The maximum absolute atomic E-state index is 13.3. The van der Waals surface area contributed by atoms with Crippen molar-refractivity contribution < 1.29 is 13.3 Å². The Balaban J connectivity index is 1.95. The SMILES string of the molecule is CCCCC[C@@H](Sc1ccccc1)c1cccn1S(=O)(=O)c1ccc([N+](=O)[O-])cc1. The molecule has 1 aromatic heterocycles. The standard InChI is InChI=1S/C22H24N2O4S2/c1-2-3-5-12-22(29-19-9-6-4-7-10-19)21-11-8-17-23(21)30(27,28)20-15-13-18(14-16-20)24(25)26/h4,6-11,13-17,22H,2-3,5,12H2,1H3/t22-/m1/s1. The van der Waals surface area contributed by atoms with Crippen LogP contribution in [-0.4, -0.2) is 17.3 Å². The Morgan fingerprint density at radius 2 is 1.70 bits per heavy atom. The summed E-state index contributed by atoms with van der Waals surface area (Å²) in [6.07, 6.45) is 5.58. The molecule has 2 aromatic carbocycles. The fourth-order valence-corrected chi connectivity index (χ4v) is 5.92. The third-order valence-electron chi connectivity index (χ3n) is 4.77. The first-order valence-corrected chi connectivity index (χ1v) is 12.1. The number of rotatable bonds is 10. The van der Waals surface area contributed by atoms with Crippen molar-refractivity contribution in [2.24, 2.45) is 0 Å². The van der Waals surface area contributed by atoms with Gasteiger partial charge in [-0.3, -0.25) is 10.1 Å². The molecule has 1 heterocycles. The van der Waals surface area contributed by atoms with Crippen LogP contribution in [0.1, 0.15) is 43.6 Å². The third-order valence-corrected chi connectivity index (χ3v) is 7.79. The zero-order valence-electron chi connectivity index (χ0n) is 16.7. The van der Waals surface area contributed by atoms with Crippen LogP contribution in [0.4, 0.5) is 5.69 Å². The summed E-state index contributed by atoms with van der Waals surface area (Å²) in [5, 5.41) is 10.9. The highest BCUT2D eigenvalue weighted by Gasteiger charge is 2.25. The number of thioether (sulfide) groups is 1. The first-order chi connectivity index (χ1) is 14.4. The van der Waals surface area contributed by atoms with Crippen molar-refractivity contribution in [3.63, 3.8) is 0 Å². The summed E-state index contributed by atoms with van der Waals surface area (Å²) in [5.41, 5.74) is 0.567. The topological polar surface area (TPSA) is 82.2 Å². The second-order valence-electron chi connectivity index (χ2n) is 6.90. The van der Waals surface area contributed by atoms with Crippen molar-refractivity contribution in [2.45, 2.75) is 47.6 Å². The summed E-state index contributed by atoms with van der Waals surface area (Å²) in [6, 6.07) is 18.5. The van der Waals surface area contributed by atoms with Crippen LogP contribution >= 0.6 is 11.8 Å². The number of nitrogens with zero attached hydrogens (tertiary/aromatic N) is 2. The average Bonchev–Trinajstić information content (AvgIpc) is 3.25. The molecule has 3 rings (SSSR count). The molecule has 0 saturated heterocycles. The third kappa shape index (κ3) is 5.12. The molecule has 0 fully saturated rings. The minimum absolute atomic E-state index is 0.0261. The lowest BCUT2D eigenvalue weighted by Crippen LogP contribution is -2.16. The maximum Gasteiger partial charge on any atom is 0.269 e. The molecule has 0 spiro atoms. The number of aromatic nitrogens is 1. The van der Waals surface area contributed by atoms with Gasteiger partial charge in [-0.2, -0.15) is 0 Å². The normalized spacial score (nSPS) is 12.6. The van der Waals surface area contributed by atoms with Gasteiger partial charge in [0.25, 0.3) is 15.7 Å². The van der Waals surface area contributed by atoms with Crippen LogP contribution < -0.4 is 0 Å². The van der Waals surface area contributed by atoms with Crippen LogP contribution in [0.15, 0.2) is 82.7 Å². The smallest absolute Gasteiger partial charge is 0.258 e. The lowest BCUT2D eigenvalue weighted by Gasteiger charge is -2.19. The number of nitro benzene ring substituents is 1. The fraction of sp³-hybridized carbons (Fsp3) is 0.273. The maximum atomic E-state index is 13.3. The van der Waals surface area contributed by atoms with Gasteiger partial charge in [-0.25, -0.2) is 12.4 Å². The van der Waals surface area contributed by atoms with Crippen molar-refractivity contribution in [3.05, 3.63) is 88.7 Å². The van der Waals surface area contributed by atoms with Crippen molar-refractivity contribution in [3.8, 4) is 0 Å². The van der Waals surface area contributed by atoms with Crippen LogP contribution in [0.2, 0.25) is 0 Å². The van der Waals surface area contributed by atoms with Crippen LogP contribution in [0.5, 0.6) is 0 Å². The first kappa shape index (κ1) is 22.1. The minimum atomic E-state index is -3.86. The molecule has 158 valence electrons. The molecule has 1 atom stereocenters. The van der Waals surface area contributed by atoms with Gasteiger partial charge >= 0.3 is 0 Å². The van der Waals surface area contributed by atoms with E-state index < -0.39 is 14.9 Å². The van der Waals surface area contributed by atoms with E-state index in [1.54, 1.807) is 24.0 Å². The zero-order chi connectivity index (χ0) is 21.6. The highest BCUT2D eigenvalue weighted by Crippen LogP contribution is 2.40. The van der Waals surface area contributed by atoms with Crippen molar-refractivity contribution in [1.29, 1.82) is 0 Å². The van der Waals surface area contributed by atoms with E-state index >= 15 is 0 Å². The highest BCUT2D eigenvalue weighted by molar-refractivity contribution is 7.99. The Morgan fingerprint density at radius 1 is 1.00 bits per heavy atom. The second kappa shape index (κ2) is 9.95. The molecule has 6 nitrogen and oxygen atoms in total. The number of unbranched alkanes of at least 4 members (excludes halogenated alkanes) is 2. The monoisotopic (exact) mass is 444 g/mol. The Kier molecular flexibility index (Phi) is 7.33. The van der Waals surface area contributed by atoms with E-state index in [9.17, 15) is 18.5 Å². The van der Waals surface area contributed by atoms with Gasteiger partial charge in [0.1, 0.15) is 0 Å². The van der Waals surface area contributed by atoms with Crippen molar-refractivity contribution in [1.82, 2.24) is 3.97 Å². The Labute approximate surface area is 181 Å². The Bertz CT molecular complexity index is 1080. The molecule has 3 aromatic rings. The van der Waals surface area contributed by atoms with Gasteiger partial charge in [-0.15, -0.1) is 11.8 Å². The number of benzene rings is 2. The first-order valence-electron chi connectivity index (χ1n) is 9.82. The second-order valence-corrected chi connectivity index (χ2v) is 9.99. The van der Waals surface area contributed by atoms with Crippen LogP contribution in [0.25, 0.3) is 0 Å². The van der Waals surface area contributed by atoms with E-state index in [1.165, 1.54) is 28.2 Å². The molecule has 0 radical (unpaired) electrons. The number of hydrogen-bond acceptors (Lipinski definition) is 5. The molecule has 30 heavy (non-hydrogen) atoms. The van der Waals surface area contributed by atoms with Gasteiger partial charge in [0.15, 0.2) is 0 Å². The van der Waals surface area contributed by atoms with Crippen LogP contribution in [-0.2, 0) is 10.0 Å². The molecule has 0 unspecified atom stereocenters. The zero-order valence-corrected chi connectivity index (χ0v) is 18.3. The van der Waals surface area contributed by atoms with E-state index in [1.807, 2.05) is 36.4 Å². The summed E-state index contributed by atoms with van der Waals surface area (Å²) in [5.74, 6) is 0. The van der Waals surface area contributed by atoms with E-state index in [2.05, 4.69) is 6.92 Å². The lowest BCUT2D eigenvalue weighted by molar-refractivity contribution is -0.384. The molecule has 0 aliphatic rings. The highest BCUT2D eigenvalue weighted by atomic mass is 32.2. The van der Waals surface area contributed by atoms with Crippen molar-refractivity contribution >= 4 is 27.5 Å². The molecular formula is C22H24N2O4S2. The van der Waals surface area contributed by atoms with E-state index in [0.29, 0.717) is 5.69 Å². The number of nitro groups is 1. The van der Waals surface area contributed by atoms with E-state index in [-0.39, 0.29) is 15.8 Å². The Hall–Kier alpha value is -2.58. The summed E-state index contributed by atoms with van der Waals surface area (Å²) in [6.45, 7) is 2.14. The van der Waals surface area contributed by atoms with Gasteiger partial charge < -0.3 is 0 Å². The molecule has 0 bridgehead atoms. The fourth-order valence-electron chi connectivity index (χ4n) is 3.21.